The lowest BCUT2D eigenvalue weighted by molar-refractivity contribution is -0.0222. The second-order valence-corrected chi connectivity index (χ2v) is 10.4. The van der Waals surface area contributed by atoms with Gasteiger partial charge in [0, 0.05) is 23.7 Å². The van der Waals surface area contributed by atoms with Crippen LogP contribution in [0.3, 0.4) is 0 Å². The maximum atomic E-state index is 13.2. The Bertz CT molecular complexity index is 1130. The molecular formula is C28H40N2O6. The van der Waals surface area contributed by atoms with Crippen molar-refractivity contribution in [3.63, 3.8) is 0 Å². The van der Waals surface area contributed by atoms with E-state index in [9.17, 15) is 19.5 Å². The van der Waals surface area contributed by atoms with Crippen molar-refractivity contribution in [2.24, 2.45) is 11.8 Å². The Kier molecular flexibility index (Phi) is 9.68. The van der Waals surface area contributed by atoms with Crippen molar-refractivity contribution in [1.82, 2.24) is 9.13 Å². The van der Waals surface area contributed by atoms with Crippen LogP contribution in [0.1, 0.15) is 88.4 Å². The van der Waals surface area contributed by atoms with E-state index in [1.165, 1.54) is 30.0 Å². The van der Waals surface area contributed by atoms with Crippen LogP contribution in [-0.4, -0.2) is 39.0 Å². The van der Waals surface area contributed by atoms with E-state index in [4.69, 9.17) is 9.47 Å². The van der Waals surface area contributed by atoms with Crippen LogP contribution in [0.2, 0.25) is 0 Å². The van der Waals surface area contributed by atoms with Crippen LogP contribution in [0.5, 0.6) is 5.75 Å². The molecule has 4 atom stereocenters. The molecule has 8 nitrogen and oxygen atoms in total. The van der Waals surface area contributed by atoms with Gasteiger partial charge in [-0.2, -0.15) is 4.57 Å². The van der Waals surface area contributed by atoms with E-state index in [0.29, 0.717) is 29.3 Å². The second-order valence-electron chi connectivity index (χ2n) is 10.4. The van der Waals surface area contributed by atoms with Gasteiger partial charge in [-0.3, -0.25) is 14.2 Å². The predicted octanol–water partition coefficient (Wildman–Crippen LogP) is 4.30. The van der Waals surface area contributed by atoms with Crippen molar-refractivity contribution in [2.75, 3.05) is 6.61 Å². The first-order valence-corrected chi connectivity index (χ1v) is 13.1. The minimum absolute atomic E-state index is 0.208. The number of carbonyl (C=O) groups is 1. The Morgan fingerprint density at radius 3 is 2.44 bits per heavy atom. The summed E-state index contributed by atoms with van der Waals surface area (Å²) in [5.74, 6) is 1.23. The van der Waals surface area contributed by atoms with E-state index >= 15 is 0 Å². The summed E-state index contributed by atoms with van der Waals surface area (Å²) >= 11 is 0. The van der Waals surface area contributed by atoms with Crippen LogP contribution in [-0.2, 0) is 4.74 Å². The molecular weight excluding hydrogens is 460 g/mol. The topological polar surface area (TPSA) is 99.8 Å². The van der Waals surface area contributed by atoms with E-state index in [1.807, 2.05) is 6.92 Å². The Morgan fingerprint density at radius 1 is 1.14 bits per heavy atom. The van der Waals surface area contributed by atoms with Crippen LogP contribution in [0.25, 0.3) is 0 Å². The van der Waals surface area contributed by atoms with Gasteiger partial charge in [0.15, 0.2) is 0 Å². The highest BCUT2D eigenvalue weighted by atomic mass is 16.5. The third kappa shape index (κ3) is 6.73. The molecule has 0 radical (unpaired) electrons. The summed E-state index contributed by atoms with van der Waals surface area (Å²) in [6, 6.07) is 6.48. The number of aliphatic hydroxyl groups is 1. The Morgan fingerprint density at radius 2 is 1.83 bits per heavy atom. The van der Waals surface area contributed by atoms with Crippen molar-refractivity contribution >= 4 is 5.91 Å². The molecule has 2 aromatic rings. The van der Waals surface area contributed by atoms with Gasteiger partial charge in [0.2, 0.25) is 0 Å². The quantitative estimate of drug-likeness (QED) is 0.494. The van der Waals surface area contributed by atoms with Gasteiger partial charge >= 0.3 is 5.69 Å². The normalized spacial score (nSPS) is 20.6. The first-order valence-electron chi connectivity index (χ1n) is 13.1. The zero-order chi connectivity index (χ0) is 26.4. The van der Waals surface area contributed by atoms with E-state index in [0.717, 1.165) is 12.3 Å². The summed E-state index contributed by atoms with van der Waals surface area (Å²) < 4.78 is 13.5. The first-order chi connectivity index (χ1) is 17.1. The SMILES string of the molecule is CC[C@H]1O[C@@H](n2cc(C)c(=O)n(C(=O)c3ccc(OCCC(C)CCCC(C)C)cc3)c2=O)C[C@H]1O. The number of hydrogen-bond donors (Lipinski definition) is 1. The number of aliphatic hydroxyl groups excluding tert-OH is 1. The van der Waals surface area contributed by atoms with Crippen LogP contribution >= 0.6 is 0 Å². The molecule has 1 aliphatic rings. The summed E-state index contributed by atoms with van der Waals surface area (Å²) in [4.78, 5) is 39.1. The monoisotopic (exact) mass is 500 g/mol. The molecule has 0 amide bonds. The molecule has 0 bridgehead atoms. The Balaban J connectivity index is 1.68. The van der Waals surface area contributed by atoms with Crippen LogP contribution in [0.15, 0.2) is 40.1 Å². The van der Waals surface area contributed by atoms with Gasteiger partial charge in [-0.25, -0.2) is 4.79 Å². The molecule has 3 rings (SSSR count). The molecule has 1 aromatic heterocycles. The maximum Gasteiger partial charge on any atom is 0.340 e. The van der Waals surface area contributed by atoms with Crippen molar-refractivity contribution in [3.05, 3.63) is 62.4 Å². The van der Waals surface area contributed by atoms with Crippen LogP contribution in [0.4, 0.5) is 0 Å². The van der Waals surface area contributed by atoms with Gasteiger partial charge in [-0.05, 0) is 55.9 Å². The van der Waals surface area contributed by atoms with Gasteiger partial charge in [0.1, 0.15) is 12.0 Å². The Labute approximate surface area is 212 Å². The molecule has 0 aliphatic carbocycles. The predicted molar refractivity (Wildman–Crippen MR) is 139 cm³/mol. The number of nitrogens with zero attached hydrogens (tertiary/aromatic N) is 2. The summed E-state index contributed by atoms with van der Waals surface area (Å²) in [7, 11) is 0. The number of carbonyl (C=O) groups excluding carboxylic acids is 1. The lowest BCUT2D eigenvalue weighted by atomic mass is 9.98. The van der Waals surface area contributed by atoms with Gasteiger partial charge < -0.3 is 14.6 Å². The van der Waals surface area contributed by atoms with Crippen molar-refractivity contribution in [3.8, 4) is 5.75 Å². The van der Waals surface area contributed by atoms with Crippen LogP contribution in [0, 0.1) is 18.8 Å². The average molecular weight is 501 g/mol. The molecule has 8 heteroatoms. The highest BCUT2D eigenvalue weighted by molar-refractivity contribution is 5.95. The summed E-state index contributed by atoms with van der Waals surface area (Å²) in [6.07, 6.45) is 4.96. The van der Waals surface area contributed by atoms with Gasteiger partial charge in [-0.1, -0.05) is 47.0 Å². The molecule has 1 unspecified atom stereocenters. The highest BCUT2D eigenvalue weighted by Crippen LogP contribution is 2.29. The lowest BCUT2D eigenvalue weighted by Gasteiger charge is -2.17. The molecule has 198 valence electrons. The molecule has 1 aromatic carbocycles. The van der Waals surface area contributed by atoms with Gasteiger partial charge in [0.05, 0.1) is 18.8 Å². The number of benzene rings is 1. The molecule has 0 spiro atoms. The standard InChI is InChI=1S/C28H40N2O6/c1-6-24-23(31)16-25(36-24)29-17-20(5)26(32)30(28(29)34)27(33)21-10-12-22(13-11-21)35-15-14-19(4)9-7-8-18(2)3/h10-13,17-19,23-25,31H,6-9,14-16H2,1-5H3/t19?,23-,24-,25-/m1/s1. The Hall–Kier alpha value is -2.71. The van der Waals surface area contributed by atoms with E-state index in [-0.39, 0.29) is 17.5 Å². The fourth-order valence-corrected chi connectivity index (χ4v) is 4.56. The van der Waals surface area contributed by atoms with Gasteiger partial charge in [-0.15, -0.1) is 0 Å². The molecule has 1 saturated heterocycles. The minimum Gasteiger partial charge on any atom is -0.494 e. The molecule has 2 heterocycles. The molecule has 1 fully saturated rings. The van der Waals surface area contributed by atoms with Crippen molar-refractivity contribution in [1.29, 1.82) is 0 Å². The first kappa shape index (κ1) is 27.9. The number of hydrogen-bond acceptors (Lipinski definition) is 6. The molecule has 0 saturated carbocycles. The average Bonchev–Trinajstić information content (AvgIpc) is 3.22. The molecule has 1 N–H and O–H groups in total. The fraction of sp³-hybridized carbons (Fsp3) is 0.607. The van der Waals surface area contributed by atoms with Crippen molar-refractivity contribution < 1.29 is 19.4 Å². The summed E-state index contributed by atoms with van der Waals surface area (Å²) in [6.45, 7) is 10.7. The third-order valence-electron chi connectivity index (χ3n) is 6.86. The zero-order valence-corrected chi connectivity index (χ0v) is 22.1. The zero-order valence-electron chi connectivity index (χ0n) is 22.1. The second kappa shape index (κ2) is 12.5. The largest absolute Gasteiger partial charge is 0.494 e. The van der Waals surface area contributed by atoms with E-state index in [2.05, 4.69) is 20.8 Å². The summed E-state index contributed by atoms with van der Waals surface area (Å²) in [5.41, 5.74) is -1.00. The lowest BCUT2D eigenvalue weighted by Crippen LogP contribution is -2.45. The fourth-order valence-electron chi connectivity index (χ4n) is 4.56. The smallest absolute Gasteiger partial charge is 0.340 e. The van der Waals surface area contributed by atoms with Gasteiger partial charge in [0.25, 0.3) is 11.5 Å². The maximum absolute atomic E-state index is 13.2. The summed E-state index contributed by atoms with van der Waals surface area (Å²) in [5, 5.41) is 10.2. The molecule has 1 aliphatic heterocycles. The number of aryl methyl sites for hydroxylation is 1. The minimum atomic E-state index is -0.781. The number of aromatic nitrogens is 2. The number of rotatable bonds is 11. The van der Waals surface area contributed by atoms with E-state index < -0.39 is 35.6 Å². The highest BCUT2D eigenvalue weighted by Gasteiger charge is 2.35. The van der Waals surface area contributed by atoms with Crippen LogP contribution < -0.4 is 16.0 Å². The molecule has 36 heavy (non-hydrogen) atoms. The third-order valence-corrected chi connectivity index (χ3v) is 6.86. The van der Waals surface area contributed by atoms with Crippen molar-refractivity contribution in [2.45, 2.75) is 91.6 Å². The number of ether oxygens (including phenoxy) is 2. The van der Waals surface area contributed by atoms with E-state index in [1.54, 1.807) is 31.2 Å².